The molecule has 1 saturated carbocycles. The molecular formula is C18H22FN3O2. The summed E-state index contributed by atoms with van der Waals surface area (Å²) in [5, 5.41) is 0. The van der Waals surface area contributed by atoms with E-state index in [1.54, 1.807) is 17.2 Å². The van der Waals surface area contributed by atoms with Gasteiger partial charge in [0.2, 0.25) is 5.95 Å². The minimum atomic E-state index is -0.577. The van der Waals surface area contributed by atoms with Gasteiger partial charge in [0.05, 0.1) is 6.10 Å². The number of aryl methyl sites for hydroxylation is 1. The molecule has 1 aliphatic carbocycles. The highest BCUT2D eigenvalue weighted by Crippen LogP contribution is 2.31. The Hall–Kier alpha value is -1.95. The van der Waals surface area contributed by atoms with Crippen molar-refractivity contribution >= 4 is 11.6 Å². The van der Waals surface area contributed by atoms with Crippen molar-refractivity contribution in [3.63, 3.8) is 0 Å². The number of aromatic nitrogens is 2. The van der Waals surface area contributed by atoms with Crippen LogP contribution in [-0.4, -0.2) is 46.0 Å². The Morgan fingerprint density at radius 3 is 2.92 bits per heavy atom. The molecule has 4 rings (SSSR count). The molecule has 0 unspecified atom stereocenters. The predicted molar refractivity (Wildman–Crippen MR) is 87.5 cm³/mol. The molecule has 3 heterocycles. The zero-order valence-electron chi connectivity index (χ0n) is 13.9. The summed E-state index contributed by atoms with van der Waals surface area (Å²) >= 11 is 0. The average molecular weight is 331 g/mol. The van der Waals surface area contributed by atoms with Crippen LogP contribution in [0.25, 0.3) is 5.65 Å². The summed E-state index contributed by atoms with van der Waals surface area (Å²) in [6.45, 7) is 3.84. The molecular weight excluding hydrogens is 309 g/mol. The molecule has 1 aliphatic heterocycles. The van der Waals surface area contributed by atoms with E-state index < -0.39 is 5.95 Å². The van der Waals surface area contributed by atoms with Crippen LogP contribution in [0.15, 0.2) is 18.3 Å². The quantitative estimate of drug-likeness (QED) is 0.846. The third-order valence-electron chi connectivity index (χ3n) is 4.82. The number of nitrogens with zero attached hydrogens (tertiary/aromatic N) is 3. The first-order valence-corrected chi connectivity index (χ1v) is 8.67. The SMILES string of the molecule is Cc1ccc2nc(C(=O)N(CC3CC3)C[C@H]3CCCO3)c(F)n2c1. The first-order chi connectivity index (χ1) is 11.6. The van der Waals surface area contributed by atoms with Crippen molar-refractivity contribution in [3.05, 3.63) is 35.5 Å². The molecule has 6 heteroatoms. The van der Waals surface area contributed by atoms with Gasteiger partial charge in [-0.25, -0.2) is 4.98 Å². The fourth-order valence-electron chi connectivity index (χ4n) is 3.29. The van der Waals surface area contributed by atoms with E-state index in [9.17, 15) is 9.18 Å². The standard InChI is InChI=1S/C18H22FN3O2/c1-12-4-7-15-20-16(17(19)22(15)9-12)18(23)21(10-13-5-6-13)11-14-3-2-8-24-14/h4,7,9,13-14H,2-3,5-6,8,10-11H2,1H3/t14-/m1/s1. The molecule has 128 valence electrons. The van der Waals surface area contributed by atoms with Gasteiger partial charge < -0.3 is 9.64 Å². The fourth-order valence-corrected chi connectivity index (χ4v) is 3.29. The van der Waals surface area contributed by atoms with Gasteiger partial charge in [0, 0.05) is 25.9 Å². The molecule has 0 spiro atoms. The van der Waals surface area contributed by atoms with Crippen LogP contribution in [0.3, 0.4) is 0 Å². The van der Waals surface area contributed by atoms with E-state index >= 15 is 0 Å². The van der Waals surface area contributed by atoms with Crippen molar-refractivity contribution in [1.82, 2.24) is 14.3 Å². The Morgan fingerprint density at radius 1 is 1.38 bits per heavy atom. The smallest absolute Gasteiger partial charge is 0.277 e. The zero-order chi connectivity index (χ0) is 16.7. The molecule has 1 saturated heterocycles. The first kappa shape index (κ1) is 15.6. The minimum absolute atomic E-state index is 0.0648. The van der Waals surface area contributed by atoms with Crippen molar-refractivity contribution in [2.45, 2.75) is 38.7 Å². The van der Waals surface area contributed by atoms with E-state index in [0.717, 1.165) is 37.9 Å². The number of carbonyl (C=O) groups excluding carboxylic acids is 1. The van der Waals surface area contributed by atoms with Gasteiger partial charge in [-0.1, -0.05) is 6.07 Å². The summed E-state index contributed by atoms with van der Waals surface area (Å²) in [6, 6.07) is 3.60. The Labute approximate surface area is 140 Å². The van der Waals surface area contributed by atoms with Gasteiger partial charge in [-0.05, 0) is 50.2 Å². The molecule has 1 atom stereocenters. The van der Waals surface area contributed by atoms with Gasteiger partial charge in [-0.2, -0.15) is 4.39 Å². The van der Waals surface area contributed by atoms with Gasteiger partial charge in [-0.15, -0.1) is 0 Å². The fraction of sp³-hybridized carbons (Fsp3) is 0.556. The molecule has 5 nitrogen and oxygen atoms in total. The summed E-state index contributed by atoms with van der Waals surface area (Å²) in [5.41, 5.74) is 1.30. The normalized spacial score (nSPS) is 20.7. The highest BCUT2D eigenvalue weighted by atomic mass is 19.1. The van der Waals surface area contributed by atoms with Crippen LogP contribution in [0.1, 0.15) is 41.7 Å². The van der Waals surface area contributed by atoms with Crippen molar-refractivity contribution in [2.75, 3.05) is 19.7 Å². The number of carbonyl (C=O) groups is 1. The Balaban J connectivity index is 1.61. The van der Waals surface area contributed by atoms with Crippen LogP contribution >= 0.6 is 0 Å². The summed E-state index contributed by atoms with van der Waals surface area (Å²) in [7, 11) is 0. The molecule has 0 bridgehead atoms. The highest BCUT2D eigenvalue weighted by Gasteiger charge is 2.32. The molecule has 24 heavy (non-hydrogen) atoms. The Morgan fingerprint density at radius 2 is 2.21 bits per heavy atom. The third-order valence-corrected chi connectivity index (χ3v) is 4.82. The first-order valence-electron chi connectivity index (χ1n) is 8.67. The van der Waals surface area contributed by atoms with Crippen LogP contribution < -0.4 is 0 Å². The molecule has 0 aromatic carbocycles. The molecule has 2 aromatic heterocycles. The van der Waals surface area contributed by atoms with E-state index in [-0.39, 0.29) is 17.7 Å². The second-order valence-corrected chi connectivity index (χ2v) is 6.97. The highest BCUT2D eigenvalue weighted by molar-refractivity contribution is 5.93. The Kier molecular flexibility index (Phi) is 4.00. The van der Waals surface area contributed by atoms with Crippen molar-refractivity contribution < 1.29 is 13.9 Å². The lowest BCUT2D eigenvalue weighted by Gasteiger charge is -2.24. The second kappa shape index (κ2) is 6.16. The number of hydrogen-bond donors (Lipinski definition) is 0. The van der Waals surface area contributed by atoms with Gasteiger partial charge in [0.25, 0.3) is 5.91 Å². The number of fused-ring (bicyclic) bond motifs is 1. The second-order valence-electron chi connectivity index (χ2n) is 6.97. The van der Waals surface area contributed by atoms with E-state index in [1.807, 2.05) is 13.0 Å². The average Bonchev–Trinajstić information content (AvgIpc) is 3.12. The minimum Gasteiger partial charge on any atom is -0.376 e. The molecule has 0 radical (unpaired) electrons. The topological polar surface area (TPSA) is 46.8 Å². The molecule has 2 aliphatic rings. The lowest BCUT2D eigenvalue weighted by Crippen LogP contribution is -2.39. The maximum absolute atomic E-state index is 14.7. The zero-order valence-corrected chi connectivity index (χ0v) is 13.9. The summed E-state index contributed by atoms with van der Waals surface area (Å²) in [5.74, 6) is -0.360. The number of amides is 1. The summed E-state index contributed by atoms with van der Waals surface area (Å²) < 4.78 is 21.7. The van der Waals surface area contributed by atoms with Crippen molar-refractivity contribution in [1.29, 1.82) is 0 Å². The van der Waals surface area contributed by atoms with Crippen molar-refractivity contribution in [2.24, 2.45) is 5.92 Å². The van der Waals surface area contributed by atoms with Gasteiger partial charge in [0.15, 0.2) is 5.69 Å². The Bertz CT molecular complexity index is 763. The summed E-state index contributed by atoms with van der Waals surface area (Å²) in [4.78, 5) is 18.9. The lowest BCUT2D eigenvalue weighted by molar-refractivity contribution is 0.0507. The maximum Gasteiger partial charge on any atom is 0.277 e. The number of rotatable bonds is 5. The number of imidazole rings is 1. The van der Waals surface area contributed by atoms with Crippen LogP contribution in [0.4, 0.5) is 4.39 Å². The van der Waals surface area contributed by atoms with Gasteiger partial charge >= 0.3 is 0 Å². The largest absolute Gasteiger partial charge is 0.376 e. The van der Waals surface area contributed by atoms with E-state index in [1.165, 1.54) is 4.40 Å². The monoisotopic (exact) mass is 331 g/mol. The van der Waals surface area contributed by atoms with Gasteiger partial charge in [0.1, 0.15) is 5.65 Å². The van der Waals surface area contributed by atoms with Crippen molar-refractivity contribution in [3.8, 4) is 0 Å². The van der Waals surface area contributed by atoms with E-state index in [0.29, 0.717) is 24.7 Å². The third kappa shape index (κ3) is 3.02. The lowest BCUT2D eigenvalue weighted by atomic mass is 10.2. The summed E-state index contributed by atoms with van der Waals surface area (Å²) in [6.07, 6.45) is 6.00. The van der Waals surface area contributed by atoms with Gasteiger partial charge in [-0.3, -0.25) is 9.20 Å². The number of pyridine rings is 1. The molecule has 1 amide bonds. The number of halogens is 1. The molecule has 2 fully saturated rings. The van der Waals surface area contributed by atoms with Crippen LogP contribution in [0.5, 0.6) is 0 Å². The van der Waals surface area contributed by atoms with Crippen LogP contribution in [-0.2, 0) is 4.74 Å². The van der Waals surface area contributed by atoms with E-state index in [2.05, 4.69) is 4.98 Å². The van der Waals surface area contributed by atoms with E-state index in [4.69, 9.17) is 4.74 Å². The molecule has 0 N–H and O–H groups in total. The molecule has 2 aromatic rings. The predicted octanol–water partition coefficient (Wildman–Crippen LogP) is 2.81. The van der Waals surface area contributed by atoms with Crippen LogP contribution in [0.2, 0.25) is 0 Å². The van der Waals surface area contributed by atoms with Crippen LogP contribution in [0, 0.1) is 18.8 Å². The number of hydrogen-bond acceptors (Lipinski definition) is 3. The maximum atomic E-state index is 14.7. The number of ether oxygens (including phenoxy) is 1.